The molecule has 1 aromatic rings. The van der Waals surface area contributed by atoms with Gasteiger partial charge in [-0.2, -0.15) is 0 Å². The number of benzene rings is 1. The van der Waals surface area contributed by atoms with Gasteiger partial charge in [0.15, 0.2) is 5.84 Å². The second-order valence-electron chi connectivity index (χ2n) is 4.56. The summed E-state index contributed by atoms with van der Waals surface area (Å²) in [5.74, 6) is -1.15. The zero-order chi connectivity index (χ0) is 15.0. The molecule has 6 heteroatoms. The number of carbonyl (C=O) groups excluding carboxylic acids is 1. The van der Waals surface area contributed by atoms with Crippen LogP contribution in [0.1, 0.15) is 18.4 Å². The Morgan fingerprint density at radius 1 is 1.45 bits per heavy atom. The quantitative estimate of drug-likeness (QED) is 0.294. The van der Waals surface area contributed by atoms with Crippen LogP contribution in [0.3, 0.4) is 0 Å². The standard InChI is InChI=1S/C14H22N4O2/c1-3-18(2)10-9-16-14(19)12(13(15)17-20)11-7-5-4-6-8-11/h4-8,12,20H,3,9-10H2,1-2H3,(H2,15,17)(H,16,19). The average molecular weight is 278 g/mol. The van der Waals surface area contributed by atoms with Gasteiger partial charge < -0.3 is 21.2 Å². The minimum absolute atomic E-state index is 0.113. The van der Waals surface area contributed by atoms with E-state index in [1.165, 1.54) is 0 Å². The van der Waals surface area contributed by atoms with Crippen LogP contribution in [0.25, 0.3) is 0 Å². The van der Waals surface area contributed by atoms with Crippen molar-refractivity contribution in [3.05, 3.63) is 35.9 Å². The maximum atomic E-state index is 12.2. The lowest BCUT2D eigenvalue weighted by Crippen LogP contribution is -2.40. The van der Waals surface area contributed by atoms with Crippen molar-refractivity contribution in [3.63, 3.8) is 0 Å². The Balaban J connectivity index is 2.72. The average Bonchev–Trinajstić information content (AvgIpc) is 2.48. The molecule has 0 aromatic heterocycles. The summed E-state index contributed by atoms with van der Waals surface area (Å²) in [4.78, 5) is 14.3. The molecule has 1 aromatic carbocycles. The van der Waals surface area contributed by atoms with E-state index in [0.717, 1.165) is 13.1 Å². The lowest BCUT2D eigenvalue weighted by molar-refractivity contribution is -0.121. The molecule has 110 valence electrons. The summed E-state index contributed by atoms with van der Waals surface area (Å²) in [7, 11) is 1.98. The predicted octanol–water partition coefficient (Wildman–Crippen LogP) is 0.585. The van der Waals surface area contributed by atoms with Gasteiger partial charge in [0.05, 0.1) is 0 Å². The molecule has 20 heavy (non-hydrogen) atoms. The van der Waals surface area contributed by atoms with E-state index in [-0.39, 0.29) is 11.7 Å². The molecule has 0 heterocycles. The first-order chi connectivity index (χ1) is 9.60. The predicted molar refractivity (Wildman–Crippen MR) is 78.8 cm³/mol. The molecule has 1 unspecified atom stereocenters. The van der Waals surface area contributed by atoms with Crippen molar-refractivity contribution in [2.75, 3.05) is 26.7 Å². The van der Waals surface area contributed by atoms with E-state index in [2.05, 4.69) is 15.4 Å². The Kier molecular flexibility index (Phi) is 6.52. The Labute approximate surface area is 119 Å². The third-order valence-corrected chi connectivity index (χ3v) is 3.14. The molecular formula is C14H22N4O2. The molecule has 0 aliphatic rings. The van der Waals surface area contributed by atoms with Gasteiger partial charge in [-0.25, -0.2) is 0 Å². The number of nitrogens with zero attached hydrogens (tertiary/aromatic N) is 2. The summed E-state index contributed by atoms with van der Waals surface area (Å²) in [5.41, 5.74) is 6.33. The highest BCUT2D eigenvalue weighted by molar-refractivity contribution is 6.07. The molecule has 0 spiro atoms. The Morgan fingerprint density at radius 3 is 2.65 bits per heavy atom. The zero-order valence-electron chi connectivity index (χ0n) is 11.9. The van der Waals surface area contributed by atoms with Crippen LogP contribution in [-0.4, -0.2) is 48.5 Å². The Hall–Kier alpha value is -2.08. The number of oxime groups is 1. The largest absolute Gasteiger partial charge is 0.409 e. The molecule has 0 bridgehead atoms. The van der Waals surface area contributed by atoms with Crippen LogP contribution in [-0.2, 0) is 4.79 Å². The van der Waals surface area contributed by atoms with Gasteiger partial charge in [-0.05, 0) is 19.2 Å². The van der Waals surface area contributed by atoms with Crippen LogP contribution in [0.4, 0.5) is 0 Å². The Bertz CT molecular complexity index is 448. The summed E-state index contributed by atoms with van der Waals surface area (Å²) in [5, 5.41) is 14.6. The molecule has 0 fully saturated rings. The monoisotopic (exact) mass is 278 g/mol. The molecule has 0 saturated heterocycles. The third kappa shape index (κ3) is 4.55. The molecule has 0 aliphatic heterocycles. The van der Waals surface area contributed by atoms with E-state index in [4.69, 9.17) is 10.9 Å². The minimum Gasteiger partial charge on any atom is -0.409 e. The van der Waals surface area contributed by atoms with Gasteiger partial charge in [-0.1, -0.05) is 42.4 Å². The van der Waals surface area contributed by atoms with E-state index in [9.17, 15) is 4.79 Å². The van der Waals surface area contributed by atoms with Crippen LogP contribution in [0.15, 0.2) is 35.5 Å². The van der Waals surface area contributed by atoms with Crippen LogP contribution >= 0.6 is 0 Å². The van der Waals surface area contributed by atoms with Crippen molar-refractivity contribution in [1.29, 1.82) is 0 Å². The van der Waals surface area contributed by atoms with Crippen molar-refractivity contribution in [3.8, 4) is 0 Å². The van der Waals surface area contributed by atoms with E-state index in [1.807, 2.05) is 32.2 Å². The molecule has 1 rings (SSSR count). The van der Waals surface area contributed by atoms with Crippen molar-refractivity contribution < 1.29 is 10.0 Å². The normalized spacial score (nSPS) is 13.2. The fourth-order valence-electron chi connectivity index (χ4n) is 1.79. The van der Waals surface area contributed by atoms with Gasteiger partial charge in [0.1, 0.15) is 5.92 Å². The van der Waals surface area contributed by atoms with E-state index in [0.29, 0.717) is 12.1 Å². The lowest BCUT2D eigenvalue weighted by atomic mass is 9.97. The van der Waals surface area contributed by atoms with Crippen LogP contribution in [0, 0.1) is 0 Å². The highest BCUT2D eigenvalue weighted by Gasteiger charge is 2.24. The summed E-state index contributed by atoms with van der Waals surface area (Å²) in [6.45, 7) is 4.23. The van der Waals surface area contributed by atoms with E-state index in [1.54, 1.807) is 12.1 Å². The van der Waals surface area contributed by atoms with Crippen LogP contribution in [0.5, 0.6) is 0 Å². The number of amides is 1. The molecule has 1 amide bonds. The molecular weight excluding hydrogens is 256 g/mol. The van der Waals surface area contributed by atoms with E-state index < -0.39 is 5.92 Å². The van der Waals surface area contributed by atoms with Crippen LogP contribution < -0.4 is 11.1 Å². The van der Waals surface area contributed by atoms with Gasteiger partial charge >= 0.3 is 0 Å². The van der Waals surface area contributed by atoms with Crippen molar-refractivity contribution in [1.82, 2.24) is 10.2 Å². The first kappa shape index (κ1) is 16.0. The summed E-state index contributed by atoms with van der Waals surface area (Å²) < 4.78 is 0. The molecule has 1 atom stereocenters. The smallest absolute Gasteiger partial charge is 0.235 e. The number of nitrogens with two attached hydrogens (primary N) is 1. The lowest BCUT2D eigenvalue weighted by Gasteiger charge is -2.18. The fourth-order valence-corrected chi connectivity index (χ4v) is 1.79. The maximum absolute atomic E-state index is 12.2. The molecule has 6 nitrogen and oxygen atoms in total. The van der Waals surface area contributed by atoms with Gasteiger partial charge in [0, 0.05) is 13.1 Å². The molecule has 0 saturated carbocycles. The van der Waals surface area contributed by atoms with Gasteiger partial charge in [0.25, 0.3) is 0 Å². The van der Waals surface area contributed by atoms with Gasteiger partial charge in [0.2, 0.25) is 5.91 Å². The SMILES string of the molecule is CCN(C)CCNC(=O)C(C(N)=NO)c1ccccc1. The summed E-state index contributed by atoms with van der Waals surface area (Å²) >= 11 is 0. The second kappa shape index (κ2) is 8.16. The van der Waals surface area contributed by atoms with Crippen molar-refractivity contribution >= 4 is 11.7 Å². The third-order valence-electron chi connectivity index (χ3n) is 3.14. The number of nitrogens with one attached hydrogen (secondary N) is 1. The Morgan fingerprint density at radius 2 is 2.10 bits per heavy atom. The summed E-state index contributed by atoms with van der Waals surface area (Å²) in [6, 6.07) is 9.03. The fraction of sp³-hybridized carbons (Fsp3) is 0.429. The van der Waals surface area contributed by atoms with Crippen molar-refractivity contribution in [2.24, 2.45) is 10.9 Å². The minimum atomic E-state index is -0.770. The number of amidine groups is 1. The number of likely N-dealkylation sites (N-methyl/N-ethyl adjacent to an activating group) is 1. The number of hydrogen-bond donors (Lipinski definition) is 3. The van der Waals surface area contributed by atoms with Crippen molar-refractivity contribution in [2.45, 2.75) is 12.8 Å². The topological polar surface area (TPSA) is 91.0 Å². The number of hydrogen-bond acceptors (Lipinski definition) is 4. The molecule has 4 N–H and O–H groups in total. The van der Waals surface area contributed by atoms with Gasteiger partial charge in [-0.15, -0.1) is 0 Å². The van der Waals surface area contributed by atoms with Gasteiger partial charge in [-0.3, -0.25) is 4.79 Å². The second-order valence-corrected chi connectivity index (χ2v) is 4.56. The number of carbonyl (C=O) groups is 1. The molecule has 0 radical (unpaired) electrons. The first-order valence-corrected chi connectivity index (χ1v) is 6.58. The highest BCUT2D eigenvalue weighted by atomic mass is 16.4. The van der Waals surface area contributed by atoms with E-state index >= 15 is 0 Å². The maximum Gasteiger partial charge on any atom is 0.235 e. The molecule has 0 aliphatic carbocycles. The highest BCUT2D eigenvalue weighted by Crippen LogP contribution is 2.15. The number of rotatable bonds is 7. The van der Waals surface area contributed by atoms with Crippen LogP contribution in [0.2, 0.25) is 0 Å². The summed E-state index contributed by atoms with van der Waals surface area (Å²) in [6.07, 6.45) is 0. The first-order valence-electron chi connectivity index (χ1n) is 6.58. The zero-order valence-corrected chi connectivity index (χ0v) is 11.9.